The highest BCUT2D eigenvalue weighted by Gasteiger charge is 2.37. The summed E-state index contributed by atoms with van der Waals surface area (Å²) in [6.45, 7) is 0.866. The van der Waals surface area contributed by atoms with Gasteiger partial charge in [0.05, 0.1) is 11.9 Å². The minimum Gasteiger partial charge on any atom is -0.396 e. The van der Waals surface area contributed by atoms with Crippen LogP contribution in [0.5, 0.6) is 0 Å². The van der Waals surface area contributed by atoms with Gasteiger partial charge < -0.3 is 10.6 Å². The van der Waals surface area contributed by atoms with Crippen molar-refractivity contribution in [1.82, 2.24) is 14.7 Å². The number of hydrogen-bond acceptors (Lipinski definition) is 3. The highest BCUT2D eigenvalue weighted by molar-refractivity contribution is 5.97. The maximum atomic E-state index is 12.7. The minimum absolute atomic E-state index is 0.0640. The van der Waals surface area contributed by atoms with E-state index < -0.39 is 0 Å². The number of nitrogen functional groups attached to an aromatic ring is 1. The second kappa shape index (κ2) is 4.87. The fourth-order valence-corrected chi connectivity index (χ4v) is 3.73. The topological polar surface area (TPSA) is 64.2 Å². The summed E-state index contributed by atoms with van der Waals surface area (Å²) in [4.78, 5) is 14.8. The molecule has 5 nitrogen and oxygen atoms in total. The van der Waals surface area contributed by atoms with Gasteiger partial charge in [0.15, 0.2) is 0 Å². The highest BCUT2D eigenvalue weighted by Crippen LogP contribution is 2.36. The summed E-state index contributed by atoms with van der Waals surface area (Å²) >= 11 is 0. The molecule has 19 heavy (non-hydrogen) atoms. The summed E-state index contributed by atoms with van der Waals surface area (Å²) in [5.74, 6) is 0.759. The van der Waals surface area contributed by atoms with Crippen molar-refractivity contribution in [3.63, 3.8) is 0 Å². The number of aromatic nitrogens is 2. The van der Waals surface area contributed by atoms with Crippen LogP contribution in [0.2, 0.25) is 0 Å². The Balaban J connectivity index is 1.86. The van der Waals surface area contributed by atoms with Crippen molar-refractivity contribution in [1.29, 1.82) is 0 Å². The van der Waals surface area contributed by atoms with E-state index in [0.717, 1.165) is 19.4 Å². The van der Waals surface area contributed by atoms with Crippen LogP contribution in [0.3, 0.4) is 0 Å². The first kappa shape index (κ1) is 12.5. The molecule has 1 saturated heterocycles. The largest absolute Gasteiger partial charge is 0.396 e. The van der Waals surface area contributed by atoms with E-state index in [9.17, 15) is 4.79 Å². The van der Waals surface area contributed by atoms with Crippen molar-refractivity contribution in [3.8, 4) is 0 Å². The first-order valence-corrected chi connectivity index (χ1v) is 7.27. The van der Waals surface area contributed by atoms with Gasteiger partial charge in [0.25, 0.3) is 5.91 Å². The summed E-state index contributed by atoms with van der Waals surface area (Å²) in [6.07, 6.45) is 8.93. The van der Waals surface area contributed by atoms with Gasteiger partial charge in [-0.05, 0) is 31.6 Å². The van der Waals surface area contributed by atoms with Gasteiger partial charge in [-0.2, -0.15) is 5.10 Å². The van der Waals surface area contributed by atoms with Crippen molar-refractivity contribution < 1.29 is 4.79 Å². The van der Waals surface area contributed by atoms with Gasteiger partial charge in [-0.3, -0.25) is 9.48 Å². The number of amides is 1. The first-order chi connectivity index (χ1) is 9.18. The predicted octanol–water partition coefficient (Wildman–Crippen LogP) is 1.80. The van der Waals surface area contributed by atoms with Gasteiger partial charge in [-0.15, -0.1) is 0 Å². The van der Waals surface area contributed by atoms with Crippen molar-refractivity contribution in [2.75, 3.05) is 12.3 Å². The molecule has 5 heteroatoms. The Bertz CT molecular complexity index is 460. The van der Waals surface area contributed by atoms with Crippen LogP contribution in [0.25, 0.3) is 0 Å². The van der Waals surface area contributed by atoms with E-state index in [2.05, 4.69) is 10.00 Å². The number of rotatable bonds is 1. The van der Waals surface area contributed by atoms with Crippen LogP contribution in [0, 0.1) is 5.92 Å². The Kier molecular flexibility index (Phi) is 3.21. The third kappa shape index (κ3) is 2.11. The normalized spacial score (nSPS) is 27.1. The predicted molar refractivity (Wildman–Crippen MR) is 73.6 cm³/mol. The minimum atomic E-state index is 0.0640. The molecule has 2 aliphatic rings. The third-order valence-electron chi connectivity index (χ3n) is 4.67. The Hall–Kier alpha value is -1.52. The number of carbonyl (C=O) groups is 1. The molecule has 1 saturated carbocycles. The van der Waals surface area contributed by atoms with E-state index in [1.54, 1.807) is 17.9 Å². The van der Waals surface area contributed by atoms with E-state index >= 15 is 0 Å². The molecule has 2 unspecified atom stereocenters. The number of likely N-dealkylation sites (tertiary alicyclic amines) is 1. The Labute approximate surface area is 113 Å². The van der Waals surface area contributed by atoms with Crippen LogP contribution in [-0.4, -0.2) is 33.2 Å². The maximum Gasteiger partial charge on any atom is 0.274 e. The molecule has 1 amide bonds. The molecular formula is C14H22N4O. The van der Waals surface area contributed by atoms with E-state index in [1.165, 1.54) is 25.7 Å². The second-order valence-corrected chi connectivity index (χ2v) is 5.82. The number of nitrogens with zero attached hydrogens (tertiary/aromatic N) is 3. The number of carbonyl (C=O) groups excluding carboxylic acids is 1. The number of fused-ring (bicyclic) bond motifs is 1. The molecule has 104 valence electrons. The molecule has 2 heterocycles. The molecule has 0 radical (unpaired) electrons. The molecule has 1 aliphatic heterocycles. The molecule has 0 bridgehead atoms. The van der Waals surface area contributed by atoms with Crippen molar-refractivity contribution >= 4 is 11.6 Å². The number of anilines is 1. The average molecular weight is 262 g/mol. The van der Waals surface area contributed by atoms with Gasteiger partial charge in [0.2, 0.25) is 0 Å². The van der Waals surface area contributed by atoms with Crippen LogP contribution in [-0.2, 0) is 7.05 Å². The summed E-state index contributed by atoms with van der Waals surface area (Å²) in [5.41, 5.74) is 6.92. The number of hydrogen-bond donors (Lipinski definition) is 1. The Morgan fingerprint density at radius 3 is 2.79 bits per heavy atom. The zero-order valence-electron chi connectivity index (χ0n) is 11.5. The average Bonchev–Trinajstić information content (AvgIpc) is 2.77. The summed E-state index contributed by atoms with van der Waals surface area (Å²) in [6, 6.07) is 0.421. The summed E-state index contributed by atoms with van der Waals surface area (Å²) < 4.78 is 1.60. The molecular weight excluding hydrogens is 240 g/mol. The van der Waals surface area contributed by atoms with Crippen molar-refractivity contribution in [3.05, 3.63) is 11.9 Å². The standard InChI is InChI=1S/C14H22N4O/c1-17-13(11(15)9-16-17)14(19)18-8-4-6-10-5-2-3-7-12(10)18/h9-10,12H,2-8,15H2,1H3. The quantitative estimate of drug-likeness (QED) is 0.839. The third-order valence-corrected chi connectivity index (χ3v) is 4.67. The zero-order chi connectivity index (χ0) is 13.4. The van der Waals surface area contributed by atoms with Crippen molar-refractivity contribution in [2.24, 2.45) is 13.0 Å². The monoisotopic (exact) mass is 262 g/mol. The molecule has 3 rings (SSSR count). The second-order valence-electron chi connectivity index (χ2n) is 5.82. The number of aryl methyl sites for hydroxylation is 1. The van der Waals surface area contributed by atoms with Gasteiger partial charge in [-0.25, -0.2) is 0 Å². The molecule has 2 fully saturated rings. The molecule has 1 aromatic rings. The van der Waals surface area contributed by atoms with Crippen LogP contribution >= 0.6 is 0 Å². The van der Waals surface area contributed by atoms with E-state index in [4.69, 9.17) is 5.73 Å². The molecule has 1 aromatic heterocycles. The lowest BCUT2D eigenvalue weighted by Crippen LogP contribution is -2.50. The van der Waals surface area contributed by atoms with Crippen LogP contribution < -0.4 is 5.73 Å². The molecule has 0 aromatic carbocycles. The van der Waals surface area contributed by atoms with E-state index in [-0.39, 0.29) is 5.91 Å². The Morgan fingerprint density at radius 1 is 1.32 bits per heavy atom. The fourth-order valence-electron chi connectivity index (χ4n) is 3.73. The summed E-state index contributed by atoms with van der Waals surface area (Å²) in [5, 5.41) is 4.08. The van der Waals surface area contributed by atoms with Gasteiger partial charge in [0, 0.05) is 19.6 Å². The molecule has 0 spiro atoms. The van der Waals surface area contributed by atoms with Gasteiger partial charge >= 0.3 is 0 Å². The lowest BCUT2D eigenvalue weighted by molar-refractivity contribution is 0.0382. The van der Waals surface area contributed by atoms with Crippen molar-refractivity contribution in [2.45, 2.75) is 44.6 Å². The van der Waals surface area contributed by atoms with Gasteiger partial charge in [-0.1, -0.05) is 12.8 Å². The maximum absolute atomic E-state index is 12.7. The van der Waals surface area contributed by atoms with Crippen LogP contribution in [0.15, 0.2) is 6.20 Å². The van der Waals surface area contributed by atoms with E-state index in [1.807, 2.05) is 0 Å². The number of nitrogens with two attached hydrogens (primary N) is 1. The Morgan fingerprint density at radius 2 is 2.05 bits per heavy atom. The van der Waals surface area contributed by atoms with Crippen LogP contribution in [0.4, 0.5) is 5.69 Å². The summed E-state index contributed by atoms with van der Waals surface area (Å²) in [7, 11) is 1.78. The number of piperidine rings is 1. The van der Waals surface area contributed by atoms with E-state index in [0.29, 0.717) is 23.3 Å². The SMILES string of the molecule is Cn1ncc(N)c1C(=O)N1CCCC2CCCCC21. The highest BCUT2D eigenvalue weighted by atomic mass is 16.2. The lowest BCUT2D eigenvalue weighted by atomic mass is 9.78. The molecule has 2 atom stereocenters. The zero-order valence-corrected chi connectivity index (χ0v) is 11.5. The first-order valence-electron chi connectivity index (χ1n) is 7.27. The molecule has 1 aliphatic carbocycles. The fraction of sp³-hybridized carbons (Fsp3) is 0.714. The lowest BCUT2D eigenvalue weighted by Gasteiger charge is -2.44. The van der Waals surface area contributed by atoms with Gasteiger partial charge in [0.1, 0.15) is 5.69 Å². The van der Waals surface area contributed by atoms with Crippen LogP contribution in [0.1, 0.15) is 49.0 Å². The molecule has 2 N–H and O–H groups in total. The smallest absolute Gasteiger partial charge is 0.274 e.